The fraction of sp³-hybridized carbons (Fsp3) is 0.304. The highest BCUT2D eigenvalue weighted by Crippen LogP contribution is 2.46. The van der Waals surface area contributed by atoms with E-state index in [1.807, 2.05) is 12.1 Å². The Labute approximate surface area is 183 Å². The summed E-state index contributed by atoms with van der Waals surface area (Å²) in [4.78, 5) is 26.6. The molecule has 2 aromatic carbocycles. The molecular formula is C23H22F3N3O3. The van der Waals surface area contributed by atoms with Crippen molar-refractivity contribution in [1.82, 2.24) is 15.5 Å². The van der Waals surface area contributed by atoms with Crippen LogP contribution in [0.15, 0.2) is 48.0 Å². The zero-order chi connectivity index (χ0) is 23.3. The molecule has 9 heteroatoms. The van der Waals surface area contributed by atoms with Crippen molar-refractivity contribution in [2.24, 2.45) is 0 Å². The number of carbonyl (C=O) groups excluding carboxylic acids is 2. The normalized spacial score (nSPS) is 16.9. The number of nitrogens with zero attached hydrogens (tertiary/aromatic N) is 1. The molecule has 0 spiro atoms. The molecule has 168 valence electrons. The third-order valence-electron chi connectivity index (χ3n) is 5.68. The first-order chi connectivity index (χ1) is 15.0. The number of halogens is 3. The molecule has 0 aliphatic carbocycles. The van der Waals surface area contributed by atoms with Gasteiger partial charge in [-0.05, 0) is 43.7 Å². The predicted molar refractivity (Wildman–Crippen MR) is 112 cm³/mol. The molecule has 0 radical (unpaired) electrons. The maximum Gasteiger partial charge on any atom is 0.416 e. The predicted octanol–water partition coefficient (Wildman–Crippen LogP) is 4.17. The number of ether oxygens (including phenoxy) is 1. The number of nitrogens with one attached hydrogen (secondary N) is 2. The summed E-state index contributed by atoms with van der Waals surface area (Å²) in [5.41, 5.74) is 0.416. The Kier molecular flexibility index (Phi) is 5.15. The van der Waals surface area contributed by atoms with E-state index in [4.69, 9.17) is 4.74 Å². The van der Waals surface area contributed by atoms with E-state index < -0.39 is 23.4 Å². The van der Waals surface area contributed by atoms with E-state index in [9.17, 15) is 22.8 Å². The van der Waals surface area contributed by atoms with Gasteiger partial charge < -0.3 is 20.3 Å². The van der Waals surface area contributed by atoms with Crippen LogP contribution >= 0.6 is 0 Å². The first kappa shape index (κ1) is 21.7. The Morgan fingerprint density at radius 3 is 2.53 bits per heavy atom. The van der Waals surface area contributed by atoms with Crippen molar-refractivity contribution < 1.29 is 27.5 Å². The Hall–Kier alpha value is -3.49. The molecule has 0 unspecified atom stereocenters. The van der Waals surface area contributed by atoms with E-state index in [2.05, 4.69) is 10.6 Å². The molecule has 0 bridgehead atoms. The minimum Gasteiger partial charge on any atom is -0.483 e. The molecule has 3 amide bonds. The van der Waals surface area contributed by atoms with E-state index >= 15 is 0 Å². The van der Waals surface area contributed by atoms with Crippen LogP contribution in [0.2, 0.25) is 0 Å². The summed E-state index contributed by atoms with van der Waals surface area (Å²) >= 11 is 0. The Bertz CT molecular complexity index is 1140. The second kappa shape index (κ2) is 7.58. The van der Waals surface area contributed by atoms with E-state index in [1.165, 1.54) is 18.0 Å². The molecule has 2 N–H and O–H groups in total. The standard InChI is InChI=1S/C23H22F3N3O3/c1-22(2)17(11-28-21(31)27-3)19(29-12-13-6-4-5-7-15(13)20(29)30)16-10-14(23(24,25)26)8-9-18(16)32-22/h4-10H,11-12H2,1-3H3,(H2,27,28,31). The average molecular weight is 445 g/mol. The minimum atomic E-state index is -4.56. The van der Waals surface area contributed by atoms with E-state index in [0.29, 0.717) is 16.8 Å². The van der Waals surface area contributed by atoms with Gasteiger partial charge in [0.15, 0.2) is 0 Å². The van der Waals surface area contributed by atoms with Crippen molar-refractivity contribution in [2.75, 3.05) is 13.6 Å². The monoisotopic (exact) mass is 445 g/mol. The lowest BCUT2D eigenvalue weighted by Crippen LogP contribution is -2.44. The number of alkyl halides is 3. The van der Waals surface area contributed by atoms with Gasteiger partial charge in [-0.25, -0.2) is 4.79 Å². The van der Waals surface area contributed by atoms with Crippen LogP contribution in [-0.4, -0.2) is 36.0 Å². The molecule has 4 rings (SSSR count). The smallest absolute Gasteiger partial charge is 0.416 e. The summed E-state index contributed by atoms with van der Waals surface area (Å²) in [5, 5.41) is 5.12. The van der Waals surface area contributed by atoms with Crippen molar-refractivity contribution in [3.8, 4) is 5.75 Å². The molecule has 0 fully saturated rings. The van der Waals surface area contributed by atoms with Crippen molar-refractivity contribution >= 4 is 17.6 Å². The van der Waals surface area contributed by atoms with Crippen LogP contribution < -0.4 is 15.4 Å². The highest BCUT2D eigenvalue weighted by atomic mass is 19.4. The van der Waals surface area contributed by atoms with E-state index in [1.54, 1.807) is 26.0 Å². The first-order valence-electron chi connectivity index (χ1n) is 10.0. The van der Waals surface area contributed by atoms with Gasteiger partial charge in [0.25, 0.3) is 5.91 Å². The van der Waals surface area contributed by atoms with Crippen LogP contribution in [0.1, 0.15) is 40.9 Å². The third kappa shape index (κ3) is 3.68. The Morgan fingerprint density at radius 2 is 1.88 bits per heavy atom. The van der Waals surface area contributed by atoms with Crippen molar-refractivity contribution in [2.45, 2.75) is 32.2 Å². The molecule has 0 aromatic heterocycles. The summed E-state index contributed by atoms with van der Waals surface area (Å²) in [6.45, 7) is 3.70. The van der Waals surface area contributed by atoms with Gasteiger partial charge >= 0.3 is 12.2 Å². The van der Waals surface area contributed by atoms with Crippen LogP contribution in [0.3, 0.4) is 0 Å². The molecule has 32 heavy (non-hydrogen) atoms. The number of fused-ring (bicyclic) bond motifs is 2. The van der Waals surface area contributed by atoms with Gasteiger partial charge in [-0.3, -0.25) is 4.79 Å². The second-order valence-electron chi connectivity index (χ2n) is 8.13. The van der Waals surface area contributed by atoms with Crippen LogP contribution in [0.4, 0.5) is 18.0 Å². The number of hydrogen-bond donors (Lipinski definition) is 2. The highest BCUT2D eigenvalue weighted by Gasteiger charge is 2.42. The van der Waals surface area contributed by atoms with Gasteiger partial charge in [0.05, 0.1) is 17.8 Å². The van der Waals surface area contributed by atoms with Crippen molar-refractivity contribution in [1.29, 1.82) is 0 Å². The SMILES string of the molecule is CNC(=O)NCC1=C(N2Cc3ccccc3C2=O)c2cc(C(F)(F)F)ccc2OC1(C)C. The van der Waals surface area contributed by atoms with E-state index in [-0.39, 0.29) is 30.3 Å². The fourth-order valence-electron chi connectivity index (χ4n) is 4.06. The van der Waals surface area contributed by atoms with Gasteiger partial charge in [0.2, 0.25) is 0 Å². The van der Waals surface area contributed by atoms with Crippen molar-refractivity contribution in [3.63, 3.8) is 0 Å². The largest absolute Gasteiger partial charge is 0.483 e. The maximum absolute atomic E-state index is 13.5. The molecule has 2 aliphatic rings. The first-order valence-corrected chi connectivity index (χ1v) is 10.0. The van der Waals surface area contributed by atoms with Crippen LogP contribution in [0, 0.1) is 0 Å². The number of benzene rings is 2. The lowest BCUT2D eigenvalue weighted by Gasteiger charge is -2.39. The van der Waals surface area contributed by atoms with Crippen LogP contribution in [0.5, 0.6) is 5.75 Å². The Morgan fingerprint density at radius 1 is 1.16 bits per heavy atom. The summed E-state index contributed by atoms with van der Waals surface area (Å²) in [6.07, 6.45) is -4.56. The second-order valence-corrected chi connectivity index (χ2v) is 8.13. The van der Waals surface area contributed by atoms with Crippen LogP contribution in [-0.2, 0) is 12.7 Å². The maximum atomic E-state index is 13.5. The molecule has 0 saturated carbocycles. The van der Waals surface area contributed by atoms with Crippen LogP contribution in [0.25, 0.3) is 5.70 Å². The zero-order valence-electron chi connectivity index (χ0n) is 17.8. The van der Waals surface area contributed by atoms with Gasteiger partial charge in [-0.15, -0.1) is 0 Å². The number of amides is 3. The molecule has 2 aliphatic heterocycles. The quantitative estimate of drug-likeness (QED) is 0.745. The molecule has 2 heterocycles. The van der Waals surface area contributed by atoms with Gasteiger partial charge in [0.1, 0.15) is 11.4 Å². The number of carbonyl (C=O) groups is 2. The number of urea groups is 1. The van der Waals surface area contributed by atoms with E-state index in [0.717, 1.165) is 17.7 Å². The molecular weight excluding hydrogens is 423 g/mol. The summed E-state index contributed by atoms with van der Waals surface area (Å²) in [6, 6.07) is 9.83. The third-order valence-corrected chi connectivity index (χ3v) is 5.68. The number of rotatable bonds is 3. The van der Waals surface area contributed by atoms with Gasteiger partial charge in [0, 0.05) is 30.3 Å². The molecule has 0 atom stereocenters. The Balaban J connectivity index is 1.92. The summed E-state index contributed by atoms with van der Waals surface area (Å²) < 4.78 is 46.5. The minimum absolute atomic E-state index is 0.0161. The van der Waals surface area contributed by atoms with Gasteiger partial charge in [-0.2, -0.15) is 13.2 Å². The summed E-state index contributed by atoms with van der Waals surface area (Å²) in [7, 11) is 1.46. The molecule has 6 nitrogen and oxygen atoms in total. The fourth-order valence-corrected chi connectivity index (χ4v) is 4.06. The zero-order valence-corrected chi connectivity index (χ0v) is 17.8. The molecule has 0 saturated heterocycles. The highest BCUT2D eigenvalue weighted by molar-refractivity contribution is 6.04. The topological polar surface area (TPSA) is 70.7 Å². The van der Waals surface area contributed by atoms with Gasteiger partial charge in [-0.1, -0.05) is 18.2 Å². The lowest BCUT2D eigenvalue weighted by molar-refractivity contribution is -0.137. The summed E-state index contributed by atoms with van der Waals surface area (Å²) in [5.74, 6) is -0.0699. The lowest BCUT2D eigenvalue weighted by atomic mass is 9.88. The number of hydrogen-bond acceptors (Lipinski definition) is 3. The molecule has 2 aromatic rings. The average Bonchev–Trinajstić information content (AvgIpc) is 3.06. The van der Waals surface area contributed by atoms with Crippen molar-refractivity contribution in [3.05, 3.63) is 70.3 Å².